The highest BCUT2D eigenvalue weighted by atomic mass is 16.5. The third-order valence-corrected chi connectivity index (χ3v) is 15.7. The van der Waals surface area contributed by atoms with Crippen LogP contribution in [0, 0.1) is 77.3 Å². The number of hydrogen-bond acceptors (Lipinski definition) is 4. The normalized spacial score (nSPS) is 12.8. The highest BCUT2D eigenvalue weighted by Gasteiger charge is 2.45. The third-order valence-electron chi connectivity index (χ3n) is 15.7. The molecule has 0 atom stereocenters. The second-order valence-electron chi connectivity index (χ2n) is 19.9. The Morgan fingerprint density at radius 1 is 0.414 bits per heavy atom. The Balaban J connectivity index is 1.27. The quantitative estimate of drug-likeness (QED) is 0.0984. The lowest BCUT2D eigenvalue weighted by molar-refractivity contribution is 0.487. The van der Waals surface area contributed by atoms with Gasteiger partial charge in [-0.25, -0.2) is 9.69 Å². The fraction of sp³-hybridized carbons (Fsp3) is 0.0968. The van der Waals surface area contributed by atoms with Crippen LogP contribution in [0.3, 0.4) is 0 Å². The van der Waals surface area contributed by atoms with Gasteiger partial charge in [0, 0.05) is 0 Å². The molecule has 0 radical (unpaired) electrons. The highest BCUT2D eigenvalue weighted by molar-refractivity contribution is 7.01. The largest absolute Gasteiger partial charge is 0.461 e. The number of nitrogens with zero attached hydrogens (tertiary/aromatic N) is 4. The molecule has 0 saturated heterocycles. The van der Waals surface area contributed by atoms with Crippen molar-refractivity contribution in [3.05, 3.63) is 177 Å². The monoisotopic (exact) mass is 890 g/mol. The number of nitriles is 2. The van der Waals surface area contributed by atoms with Gasteiger partial charge in [-0.3, -0.25) is 0 Å². The van der Waals surface area contributed by atoms with Crippen LogP contribution in [0.1, 0.15) is 44.5 Å². The Hall–Kier alpha value is -9.07. The smallest absolute Gasteiger partial charge is 0.252 e. The standard InChI is InChI=1S/C62H36B2N4O2/c1-29-13-31(3)55(32(4)14-29)39-23-41-45-17-36(28-66)19-53-61(45)63(47-11-9-35(27-65)18-51(47)69-53)49-25-44-40(56-33(5)15-30(2)16-34(56)6)24-42-46-20-38(68-8)22-54-62(46)64(48-12-10-37(67-7)21-52(48)70-54)50-26-43(39)59(57(41)49)60(44)58(42)50/h9-26H,1-6H3. The fourth-order valence-electron chi connectivity index (χ4n) is 13.4. The number of ether oxygens (including phenoxy) is 2. The summed E-state index contributed by atoms with van der Waals surface area (Å²) >= 11 is 0. The molecule has 0 saturated carbocycles. The number of benzene rings is 10. The van der Waals surface area contributed by atoms with Gasteiger partial charge in [-0.15, -0.1) is 0 Å². The van der Waals surface area contributed by atoms with Crippen LogP contribution in [-0.2, 0) is 0 Å². The van der Waals surface area contributed by atoms with Crippen LogP contribution >= 0.6 is 0 Å². The van der Waals surface area contributed by atoms with E-state index in [0.717, 1.165) is 98.5 Å². The van der Waals surface area contributed by atoms with Crippen LogP contribution in [0.25, 0.3) is 86.5 Å². The Morgan fingerprint density at radius 2 is 0.871 bits per heavy atom. The van der Waals surface area contributed by atoms with Gasteiger partial charge >= 0.3 is 0 Å². The average molecular weight is 891 g/mol. The number of fused-ring (bicyclic) bond motifs is 8. The van der Waals surface area contributed by atoms with Crippen molar-refractivity contribution < 1.29 is 9.47 Å². The van der Waals surface area contributed by atoms with Gasteiger partial charge in [-0.1, -0.05) is 76.6 Å². The minimum absolute atomic E-state index is 0.264. The van der Waals surface area contributed by atoms with E-state index in [1.807, 2.05) is 42.5 Å². The van der Waals surface area contributed by atoms with Crippen LogP contribution in [0.4, 0.5) is 11.4 Å². The van der Waals surface area contributed by atoms with E-state index >= 15 is 0 Å². The minimum Gasteiger partial charge on any atom is -0.461 e. The summed E-state index contributed by atoms with van der Waals surface area (Å²) in [5, 5.41) is 27.6. The lowest BCUT2D eigenvalue weighted by Gasteiger charge is -2.38. The molecule has 4 aliphatic heterocycles. The van der Waals surface area contributed by atoms with Crippen molar-refractivity contribution >= 4 is 89.9 Å². The van der Waals surface area contributed by atoms with Gasteiger partial charge in [-0.05, 0) is 217 Å². The maximum atomic E-state index is 10.7. The summed E-state index contributed by atoms with van der Waals surface area (Å²) in [6.45, 7) is 28.9. The molecular formula is C62H36B2N4O2. The zero-order valence-electron chi connectivity index (χ0n) is 39.2. The summed E-state index contributed by atoms with van der Waals surface area (Å²) < 4.78 is 13.6. The summed E-state index contributed by atoms with van der Waals surface area (Å²) in [6, 6.07) is 42.9. The van der Waals surface area contributed by atoms with Crippen molar-refractivity contribution in [1.29, 1.82) is 10.5 Å². The van der Waals surface area contributed by atoms with Crippen molar-refractivity contribution in [3.63, 3.8) is 0 Å². The van der Waals surface area contributed by atoms with Crippen molar-refractivity contribution in [3.8, 4) is 79.6 Å². The van der Waals surface area contributed by atoms with Crippen molar-refractivity contribution in [1.82, 2.24) is 0 Å². The van der Waals surface area contributed by atoms with E-state index in [9.17, 15) is 10.5 Å². The van der Waals surface area contributed by atoms with Gasteiger partial charge in [0.25, 0.3) is 13.4 Å². The van der Waals surface area contributed by atoms with Gasteiger partial charge in [0.05, 0.1) is 36.4 Å². The molecule has 10 aromatic rings. The molecule has 0 aromatic heterocycles. The van der Waals surface area contributed by atoms with Crippen LogP contribution in [-0.4, -0.2) is 13.4 Å². The van der Waals surface area contributed by atoms with Gasteiger partial charge in [0.1, 0.15) is 23.0 Å². The van der Waals surface area contributed by atoms with E-state index in [1.54, 1.807) is 0 Å². The van der Waals surface area contributed by atoms with Gasteiger partial charge in [-0.2, -0.15) is 10.5 Å². The Bertz CT molecular complexity index is 4060. The molecule has 0 bridgehead atoms. The molecule has 6 nitrogen and oxygen atoms in total. The minimum atomic E-state index is -0.273. The first kappa shape index (κ1) is 40.0. The van der Waals surface area contributed by atoms with Crippen molar-refractivity contribution in [2.75, 3.05) is 0 Å². The van der Waals surface area contributed by atoms with E-state index in [1.165, 1.54) is 44.5 Å². The van der Waals surface area contributed by atoms with Crippen molar-refractivity contribution in [2.45, 2.75) is 41.5 Å². The van der Waals surface area contributed by atoms with Gasteiger partial charge in [0.2, 0.25) is 0 Å². The molecular weight excluding hydrogens is 854 g/mol. The average Bonchev–Trinajstić information content (AvgIpc) is 3.35. The zero-order valence-corrected chi connectivity index (χ0v) is 39.2. The molecule has 14 rings (SSSR count). The molecule has 0 spiro atoms. The summed E-state index contributed by atoms with van der Waals surface area (Å²) in [7, 11) is 0. The Morgan fingerprint density at radius 3 is 1.39 bits per heavy atom. The number of hydrogen-bond donors (Lipinski definition) is 0. The molecule has 0 fully saturated rings. The molecule has 8 heteroatoms. The first-order valence-corrected chi connectivity index (χ1v) is 23.5. The molecule has 322 valence electrons. The lowest BCUT2D eigenvalue weighted by Crippen LogP contribution is -2.58. The molecule has 0 N–H and O–H groups in total. The predicted molar refractivity (Wildman–Crippen MR) is 285 cm³/mol. The van der Waals surface area contributed by atoms with E-state index in [4.69, 9.17) is 22.6 Å². The number of aryl methyl sites for hydroxylation is 6. The molecule has 0 aliphatic carbocycles. The van der Waals surface area contributed by atoms with Crippen LogP contribution < -0.4 is 42.3 Å². The zero-order chi connectivity index (χ0) is 47.8. The first-order chi connectivity index (χ1) is 34.0. The molecule has 0 unspecified atom stereocenters. The van der Waals surface area contributed by atoms with Crippen molar-refractivity contribution in [2.24, 2.45) is 0 Å². The molecule has 4 heterocycles. The summed E-state index contributed by atoms with van der Waals surface area (Å²) in [5.41, 5.74) is 24.0. The summed E-state index contributed by atoms with van der Waals surface area (Å²) in [5.74, 6) is 2.51. The second-order valence-corrected chi connectivity index (χ2v) is 19.9. The van der Waals surface area contributed by atoms with Gasteiger partial charge < -0.3 is 9.47 Å². The van der Waals surface area contributed by atoms with E-state index in [-0.39, 0.29) is 13.4 Å². The molecule has 10 aromatic carbocycles. The maximum Gasteiger partial charge on any atom is 0.252 e. The van der Waals surface area contributed by atoms with Crippen LogP contribution in [0.5, 0.6) is 23.0 Å². The second kappa shape index (κ2) is 13.8. The Labute approximate surface area is 405 Å². The highest BCUT2D eigenvalue weighted by Crippen LogP contribution is 2.52. The van der Waals surface area contributed by atoms with Crippen LogP contribution in [0.2, 0.25) is 0 Å². The first-order valence-electron chi connectivity index (χ1n) is 23.5. The summed E-state index contributed by atoms with van der Waals surface area (Å²) in [4.78, 5) is 7.82. The maximum absolute atomic E-state index is 10.7. The third kappa shape index (κ3) is 5.10. The molecule has 0 amide bonds. The molecule has 4 aliphatic rings. The van der Waals surface area contributed by atoms with Gasteiger partial charge in [0.15, 0.2) is 11.4 Å². The number of rotatable bonds is 2. The van der Waals surface area contributed by atoms with Crippen LogP contribution in [0.15, 0.2) is 109 Å². The predicted octanol–water partition coefficient (Wildman–Crippen LogP) is 11.8. The van der Waals surface area contributed by atoms with E-state index < -0.39 is 0 Å². The fourth-order valence-corrected chi connectivity index (χ4v) is 13.4. The lowest BCUT2D eigenvalue weighted by atomic mass is 9.31. The SMILES string of the molecule is [C-]#[N+]c1ccc2c(c1)Oc1cc([N+]#[C-])cc3c1B2c1cc2c(-c4c(C)cc(C)cc4C)cc4c5c(cc6c(-c7c(C)cc(C)cc7C)cc-3c1c6c25)B1c2ccc(C#N)cc2Oc2cc(C#N)cc-4c21. The topological polar surface area (TPSA) is 74.8 Å². The Kier molecular flexibility index (Phi) is 7.88. The van der Waals surface area contributed by atoms with E-state index in [0.29, 0.717) is 45.5 Å². The molecule has 70 heavy (non-hydrogen) atoms. The van der Waals surface area contributed by atoms with E-state index in [2.05, 4.69) is 130 Å². The summed E-state index contributed by atoms with van der Waals surface area (Å²) in [6.07, 6.45) is 0.